The molecule has 0 aromatic heterocycles. The maximum Gasteiger partial charge on any atom is 0.331 e. The van der Waals surface area contributed by atoms with Gasteiger partial charge in [0.1, 0.15) is 0 Å². The number of carbonyl (C=O) groups excluding carboxylic acids is 2. The summed E-state index contributed by atoms with van der Waals surface area (Å²) in [5, 5.41) is 5.45. The summed E-state index contributed by atoms with van der Waals surface area (Å²) in [6, 6.07) is 12.6. The van der Waals surface area contributed by atoms with Crippen molar-refractivity contribution in [3.8, 4) is 0 Å². The molecule has 9 heteroatoms. The number of amides is 4. The highest BCUT2D eigenvalue weighted by atomic mass is 32.2. The van der Waals surface area contributed by atoms with E-state index in [-0.39, 0.29) is 17.5 Å². The van der Waals surface area contributed by atoms with Crippen LogP contribution in [0.25, 0.3) is 0 Å². The summed E-state index contributed by atoms with van der Waals surface area (Å²) in [6.45, 7) is 4.41. The molecule has 1 unspecified atom stereocenters. The molecule has 2 aromatic carbocycles. The van der Waals surface area contributed by atoms with Crippen molar-refractivity contribution in [2.75, 3.05) is 24.5 Å². The van der Waals surface area contributed by atoms with Crippen LogP contribution in [0.15, 0.2) is 66.1 Å². The second kappa shape index (κ2) is 7.83. The summed E-state index contributed by atoms with van der Waals surface area (Å²) in [5.74, 6) is 0. The van der Waals surface area contributed by atoms with E-state index in [1.165, 1.54) is 6.07 Å². The largest absolute Gasteiger partial charge is 0.334 e. The lowest BCUT2D eigenvalue weighted by Gasteiger charge is -2.19. The minimum absolute atomic E-state index is 0.0261. The first-order valence-corrected chi connectivity index (χ1v) is 11.0. The van der Waals surface area contributed by atoms with Crippen LogP contribution in [0.3, 0.4) is 0 Å². The molecule has 30 heavy (non-hydrogen) atoms. The Labute approximate surface area is 175 Å². The maximum absolute atomic E-state index is 13.1. The van der Waals surface area contributed by atoms with Crippen molar-refractivity contribution < 1.29 is 18.0 Å². The first-order valence-electron chi connectivity index (χ1n) is 9.59. The minimum atomic E-state index is -4.01. The van der Waals surface area contributed by atoms with Crippen LogP contribution < -0.4 is 15.5 Å². The van der Waals surface area contributed by atoms with Gasteiger partial charge in [0.15, 0.2) is 0 Å². The van der Waals surface area contributed by atoms with Crippen LogP contribution in [0.2, 0.25) is 0 Å². The van der Waals surface area contributed by atoms with Crippen LogP contribution in [0.5, 0.6) is 0 Å². The Hall–Kier alpha value is -3.33. The number of benzene rings is 2. The molecule has 0 spiro atoms. The summed E-state index contributed by atoms with van der Waals surface area (Å²) in [4.78, 5) is 26.3. The Morgan fingerprint density at radius 2 is 2.00 bits per heavy atom. The summed E-state index contributed by atoms with van der Waals surface area (Å²) < 4.78 is 27.1. The highest BCUT2D eigenvalue weighted by Gasteiger charge is 2.39. The van der Waals surface area contributed by atoms with E-state index in [1.807, 2.05) is 30.3 Å². The second-order valence-corrected chi connectivity index (χ2v) is 8.98. The SMILES string of the molecule is C=CCNC(=O)N1CCc2cc(S(=O)(=O)N3CC(c4ccccc4)NC3=O)ccc21. The standard InChI is InChI=1S/C21H22N4O4S/c1-2-11-22-20(26)24-12-10-16-13-17(8-9-19(16)24)30(28,29)25-14-18(23-21(25)27)15-6-4-3-5-7-15/h2-9,13,18H,1,10-12,14H2,(H,22,26)(H,23,27). The van der Waals surface area contributed by atoms with Gasteiger partial charge in [-0.05, 0) is 35.7 Å². The average molecular weight is 426 g/mol. The van der Waals surface area contributed by atoms with Crippen molar-refractivity contribution in [2.24, 2.45) is 0 Å². The van der Waals surface area contributed by atoms with Crippen LogP contribution >= 0.6 is 0 Å². The molecule has 0 saturated carbocycles. The molecule has 1 saturated heterocycles. The van der Waals surface area contributed by atoms with Crippen molar-refractivity contribution in [1.82, 2.24) is 14.9 Å². The Balaban J connectivity index is 1.56. The number of hydrogen-bond donors (Lipinski definition) is 2. The summed E-state index contributed by atoms with van der Waals surface area (Å²) in [7, 11) is -4.01. The van der Waals surface area contributed by atoms with E-state index < -0.39 is 22.1 Å². The van der Waals surface area contributed by atoms with E-state index in [4.69, 9.17) is 0 Å². The quantitative estimate of drug-likeness (QED) is 0.717. The zero-order valence-electron chi connectivity index (χ0n) is 16.2. The maximum atomic E-state index is 13.1. The predicted octanol–water partition coefficient (Wildman–Crippen LogP) is 2.40. The summed E-state index contributed by atoms with van der Waals surface area (Å²) in [6.07, 6.45) is 2.13. The average Bonchev–Trinajstić information content (AvgIpc) is 3.36. The number of nitrogens with zero attached hydrogens (tertiary/aromatic N) is 2. The molecule has 4 rings (SSSR count). The fourth-order valence-electron chi connectivity index (χ4n) is 3.73. The number of hydrogen-bond acceptors (Lipinski definition) is 4. The normalized spacial score (nSPS) is 18.1. The number of nitrogens with one attached hydrogen (secondary N) is 2. The van der Waals surface area contributed by atoms with E-state index in [0.717, 1.165) is 15.4 Å². The topological polar surface area (TPSA) is 98.8 Å². The Morgan fingerprint density at radius 1 is 1.23 bits per heavy atom. The summed E-state index contributed by atoms with van der Waals surface area (Å²) >= 11 is 0. The van der Waals surface area contributed by atoms with Crippen LogP contribution in [0.4, 0.5) is 15.3 Å². The molecule has 0 bridgehead atoms. The second-order valence-electron chi connectivity index (χ2n) is 7.12. The first kappa shape index (κ1) is 20.0. The smallest absolute Gasteiger partial charge is 0.331 e. The highest BCUT2D eigenvalue weighted by Crippen LogP contribution is 2.32. The number of rotatable bonds is 5. The first-order chi connectivity index (χ1) is 14.4. The molecule has 2 N–H and O–H groups in total. The van der Waals surface area contributed by atoms with Gasteiger partial charge in [0.2, 0.25) is 0 Å². The molecule has 2 heterocycles. The zero-order valence-corrected chi connectivity index (χ0v) is 17.1. The molecule has 2 aromatic rings. The van der Waals surface area contributed by atoms with Gasteiger partial charge in [-0.2, -0.15) is 0 Å². The molecule has 4 amide bonds. The predicted molar refractivity (Wildman–Crippen MR) is 113 cm³/mol. The van der Waals surface area contributed by atoms with E-state index in [0.29, 0.717) is 25.2 Å². The number of sulfonamides is 1. The fourth-order valence-corrected chi connectivity index (χ4v) is 5.13. The molecular formula is C21H22N4O4S. The Bertz CT molecular complexity index is 1100. The van der Waals surface area contributed by atoms with Gasteiger partial charge >= 0.3 is 12.1 Å². The van der Waals surface area contributed by atoms with E-state index in [2.05, 4.69) is 17.2 Å². The highest BCUT2D eigenvalue weighted by molar-refractivity contribution is 7.89. The molecule has 0 radical (unpaired) electrons. The van der Waals surface area contributed by atoms with Crippen molar-refractivity contribution in [1.29, 1.82) is 0 Å². The number of anilines is 1. The minimum Gasteiger partial charge on any atom is -0.334 e. The monoisotopic (exact) mass is 426 g/mol. The van der Waals surface area contributed by atoms with Gasteiger partial charge in [0.25, 0.3) is 10.0 Å². The molecule has 2 aliphatic heterocycles. The third kappa shape index (κ3) is 3.52. The lowest BCUT2D eigenvalue weighted by Crippen LogP contribution is -2.38. The molecule has 8 nitrogen and oxygen atoms in total. The molecule has 1 fully saturated rings. The van der Waals surface area contributed by atoms with Gasteiger partial charge in [-0.1, -0.05) is 36.4 Å². The third-order valence-corrected chi connectivity index (χ3v) is 7.00. The van der Waals surface area contributed by atoms with Crippen molar-refractivity contribution >= 4 is 27.8 Å². The number of fused-ring (bicyclic) bond motifs is 1. The molecule has 156 valence electrons. The number of carbonyl (C=O) groups is 2. The van der Waals surface area contributed by atoms with Crippen molar-refractivity contribution in [3.05, 3.63) is 72.3 Å². The van der Waals surface area contributed by atoms with Crippen LogP contribution in [0, 0.1) is 0 Å². The molecular weight excluding hydrogens is 404 g/mol. The van der Waals surface area contributed by atoms with E-state index in [1.54, 1.807) is 23.1 Å². The van der Waals surface area contributed by atoms with Crippen molar-refractivity contribution in [2.45, 2.75) is 17.4 Å². The van der Waals surface area contributed by atoms with E-state index >= 15 is 0 Å². The van der Waals surface area contributed by atoms with Crippen LogP contribution in [-0.2, 0) is 16.4 Å². The lowest BCUT2D eigenvalue weighted by atomic mass is 10.1. The fraction of sp³-hybridized carbons (Fsp3) is 0.238. The van der Waals surface area contributed by atoms with Gasteiger partial charge in [0, 0.05) is 18.8 Å². The third-order valence-electron chi connectivity index (χ3n) is 5.25. The molecule has 0 aliphatic carbocycles. The van der Waals surface area contributed by atoms with Crippen molar-refractivity contribution in [3.63, 3.8) is 0 Å². The molecule has 1 atom stereocenters. The Kier molecular flexibility index (Phi) is 5.21. The van der Waals surface area contributed by atoms with Gasteiger partial charge in [0.05, 0.1) is 17.5 Å². The Morgan fingerprint density at radius 3 is 2.73 bits per heavy atom. The zero-order chi connectivity index (χ0) is 21.3. The van der Waals surface area contributed by atoms with Crippen LogP contribution in [0.1, 0.15) is 17.2 Å². The van der Waals surface area contributed by atoms with E-state index in [9.17, 15) is 18.0 Å². The van der Waals surface area contributed by atoms with Gasteiger partial charge in [-0.3, -0.25) is 4.90 Å². The summed E-state index contributed by atoms with van der Waals surface area (Å²) in [5.41, 5.74) is 2.27. The number of urea groups is 2. The van der Waals surface area contributed by atoms with Gasteiger partial charge < -0.3 is 10.6 Å². The molecule has 2 aliphatic rings. The lowest BCUT2D eigenvalue weighted by molar-refractivity contribution is 0.235. The van der Waals surface area contributed by atoms with Gasteiger partial charge in [-0.25, -0.2) is 22.3 Å². The van der Waals surface area contributed by atoms with Crippen LogP contribution in [-0.4, -0.2) is 44.4 Å². The van der Waals surface area contributed by atoms with Gasteiger partial charge in [-0.15, -0.1) is 6.58 Å².